The summed E-state index contributed by atoms with van der Waals surface area (Å²) in [6, 6.07) is 10.4. The minimum atomic E-state index is 0.0910. The Labute approximate surface area is 116 Å². The summed E-state index contributed by atoms with van der Waals surface area (Å²) in [5.41, 5.74) is 6.67. The van der Waals surface area contributed by atoms with E-state index in [2.05, 4.69) is 22.3 Å². The van der Waals surface area contributed by atoms with Crippen LogP contribution < -0.4 is 11.1 Å². The van der Waals surface area contributed by atoms with E-state index in [1.165, 1.54) is 5.56 Å². The van der Waals surface area contributed by atoms with Crippen molar-refractivity contribution in [3.63, 3.8) is 0 Å². The molecule has 106 valence electrons. The summed E-state index contributed by atoms with van der Waals surface area (Å²) in [6.45, 7) is 1.40. The molecule has 0 fully saturated rings. The second-order valence-electron chi connectivity index (χ2n) is 5.11. The van der Waals surface area contributed by atoms with Gasteiger partial charge in [0.05, 0.1) is 0 Å². The summed E-state index contributed by atoms with van der Waals surface area (Å²) in [5, 5.41) is 3.10. The maximum Gasteiger partial charge on any atom is 0.220 e. The molecule has 1 aromatic rings. The third-order valence-corrected chi connectivity index (χ3v) is 2.88. The Kier molecular flexibility index (Phi) is 7.15. The van der Waals surface area contributed by atoms with Gasteiger partial charge in [-0.25, -0.2) is 0 Å². The molecule has 0 aliphatic heterocycles. The van der Waals surface area contributed by atoms with Gasteiger partial charge in [-0.2, -0.15) is 0 Å². The Morgan fingerprint density at radius 3 is 2.58 bits per heavy atom. The summed E-state index contributed by atoms with van der Waals surface area (Å²) < 4.78 is 0. The number of nitrogens with one attached hydrogen (secondary N) is 1. The fourth-order valence-electron chi connectivity index (χ4n) is 2.06. The van der Waals surface area contributed by atoms with E-state index < -0.39 is 0 Å². The third kappa shape index (κ3) is 6.94. The van der Waals surface area contributed by atoms with Gasteiger partial charge in [0.1, 0.15) is 0 Å². The zero-order chi connectivity index (χ0) is 14.1. The number of hydrogen-bond donors (Lipinski definition) is 2. The molecule has 0 saturated heterocycles. The predicted octanol–water partition coefficient (Wildman–Crippen LogP) is 1.01. The largest absolute Gasteiger partial charge is 0.352 e. The lowest BCUT2D eigenvalue weighted by atomic mass is 10.1. The number of nitrogens with two attached hydrogens (primary N) is 1. The van der Waals surface area contributed by atoms with Gasteiger partial charge in [0, 0.05) is 19.0 Å². The van der Waals surface area contributed by atoms with E-state index in [4.69, 9.17) is 5.73 Å². The van der Waals surface area contributed by atoms with Crippen molar-refractivity contribution in [3.05, 3.63) is 35.9 Å². The molecule has 0 saturated carbocycles. The van der Waals surface area contributed by atoms with Gasteiger partial charge in [-0.3, -0.25) is 4.79 Å². The SMILES string of the molecule is CN(C)CC(Cc1ccccc1)NC(=O)CCCN. The number of nitrogens with zero attached hydrogens (tertiary/aromatic N) is 1. The van der Waals surface area contributed by atoms with Gasteiger partial charge in [0.15, 0.2) is 0 Å². The molecule has 1 amide bonds. The van der Waals surface area contributed by atoms with Crippen molar-refractivity contribution < 1.29 is 4.79 Å². The van der Waals surface area contributed by atoms with E-state index >= 15 is 0 Å². The molecule has 0 aliphatic rings. The number of carbonyl (C=O) groups is 1. The standard InChI is InChI=1S/C15H25N3O/c1-18(2)12-14(17-15(19)9-6-10-16)11-13-7-4-3-5-8-13/h3-5,7-8,14H,6,9-12,16H2,1-2H3,(H,17,19). The van der Waals surface area contributed by atoms with Crippen molar-refractivity contribution in [2.24, 2.45) is 5.73 Å². The van der Waals surface area contributed by atoms with Crippen LogP contribution in [0.2, 0.25) is 0 Å². The maximum absolute atomic E-state index is 11.8. The van der Waals surface area contributed by atoms with E-state index in [0.717, 1.165) is 19.4 Å². The number of benzene rings is 1. The van der Waals surface area contributed by atoms with E-state index in [-0.39, 0.29) is 11.9 Å². The van der Waals surface area contributed by atoms with Gasteiger partial charge in [-0.1, -0.05) is 30.3 Å². The monoisotopic (exact) mass is 263 g/mol. The minimum Gasteiger partial charge on any atom is -0.352 e. The van der Waals surface area contributed by atoms with Gasteiger partial charge < -0.3 is 16.0 Å². The van der Waals surface area contributed by atoms with Crippen LogP contribution in [0.25, 0.3) is 0 Å². The van der Waals surface area contributed by atoms with Gasteiger partial charge in [-0.05, 0) is 39.0 Å². The molecular formula is C15H25N3O. The van der Waals surface area contributed by atoms with E-state index in [9.17, 15) is 4.79 Å². The highest BCUT2D eigenvalue weighted by Gasteiger charge is 2.13. The van der Waals surface area contributed by atoms with Crippen molar-refractivity contribution in [2.75, 3.05) is 27.2 Å². The number of amides is 1. The molecule has 19 heavy (non-hydrogen) atoms. The lowest BCUT2D eigenvalue weighted by Crippen LogP contribution is -2.43. The first-order chi connectivity index (χ1) is 9.11. The summed E-state index contributed by atoms with van der Waals surface area (Å²) in [7, 11) is 4.04. The Morgan fingerprint density at radius 2 is 2.00 bits per heavy atom. The quantitative estimate of drug-likeness (QED) is 0.736. The Hall–Kier alpha value is -1.39. The first-order valence-electron chi connectivity index (χ1n) is 6.80. The molecular weight excluding hydrogens is 238 g/mol. The van der Waals surface area contributed by atoms with Crippen molar-refractivity contribution in [1.29, 1.82) is 0 Å². The zero-order valence-corrected chi connectivity index (χ0v) is 11.9. The van der Waals surface area contributed by atoms with Crippen LogP contribution >= 0.6 is 0 Å². The average Bonchev–Trinajstić information content (AvgIpc) is 2.36. The van der Waals surface area contributed by atoms with Crippen LogP contribution in [-0.4, -0.2) is 44.0 Å². The lowest BCUT2D eigenvalue weighted by Gasteiger charge is -2.22. The topological polar surface area (TPSA) is 58.4 Å². The summed E-state index contributed by atoms with van der Waals surface area (Å²) >= 11 is 0. The lowest BCUT2D eigenvalue weighted by molar-refractivity contribution is -0.121. The molecule has 0 bridgehead atoms. The second kappa shape index (κ2) is 8.67. The normalized spacial score (nSPS) is 12.4. The van der Waals surface area contributed by atoms with Gasteiger partial charge in [-0.15, -0.1) is 0 Å². The predicted molar refractivity (Wildman–Crippen MR) is 78.9 cm³/mol. The highest BCUT2D eigenvalue weighted by atomic mass is 16.1. The van der Waals surface area contributed by atoms with Crippen LogP contribution in [0.1, 0.15) is 18.4 Å². The van der Waals surface area contributed by atoms with Crippen molar-refractivity contribution in [1.82, 2.24) is 10.2 Å². The van der Waals surface area contributed by atoms with Gasteiger partial charge in [0.2, 0.25) is 5.91 Å². The van der Waals surface area contributed by atoms with E-state index in [1.54, 1.807) is 0 Å². The number of hydrogen-bond acceptors (Lipinski definition) is 3. The maximum atomic E-state index is 11.8. The van der Waals surface area contributed by atoms with E-state index in [0.29, 0.717) is 13.0 Å². The van der Waals surface area contributed by atoms with Crippen LogP contribution in [0.3, 0.4) is 0 Å². The fourth-order valence-corrected chi connectivity index (χ4v) is 2.06. The summed E-state index contributed by atoms with van der Waals surface area (Å²) in [4.78, 5) is 13.9. The molecule has 1 aromatic carbocycles. The molecule has 1 unspecified atom stereocenters. The molecule has 0 aromatic heterocycles. The minimum absolute atomic E-state index is 0.0910. The number of rotatable bonds is 8. The van der Waals surface area contributed by atoms with E-state index in [1.807, 2.05) is 32.3 Å². The second-order valence-corrected chi connectivity index (χ2v) is 5.11. The first kappa shape index (κ1) is 15.7. The van der Waals surface area contributed by atoms with Crippen LogP contribution in [0.4, 0.5) is 0 Å². The molecule has 4 nitrogen and oxygen atoms in total. The molecule has 0 aliphatic carbocycles. The zero-order valence-electron chi connectivity index (χ0n) is 11.9. The van der Waals surface area contributed by atoms with Crippen LogP contribution in [0, 0.1) is 0 Å². The average molecular weight is 263 g/mol. The molecule has 4 heteroatoms. The van der Waals surface area contributed by atoms with Crippen molar-refractivity contribution in [3.8, 4) is 0 Å². The van der Waals surface area contributed by atoms with Crippen molar-refractivity contribution >= 4 is 5.91 Å². The molecule has 1 atom stereocenters. The highest BCUT2D eigenvalue weighted by molar-refractivity contribution is 5.76. The number of carbonyl (C=O) groups excluding carboxylic acids is 1. The van der Waals surface area contributed by atoms with Crippen LogP contribution in [-0.2, 0) is 11.2 Å². The molecule has 0 spiro atoms. The highest BCUT2D eigenvalue weighted by Crippen LogP contribution is 2.04. The first-order valence-corrected chi connectivity index (χ1v) is 6.80. The van der Waals surface area contributed by atoms with Crippen molar-refractivity contribution in [2.45, 2.75) is 25.3 Å². The van der Waals surface area contributed by atoms with Gasteiger partial charge >= 0.3 is 0 Å². The molecule has 3 N–H and O–H groups in total. The van der Waals surface area contributed by atoms with Crippen LogP contribution in [0.15, 0.2) is 30.3 Å². The smallest absolute Gasteiger partial charge is 0.220 e. The molecule has 0 radical (unpaired) electrons. The Balaban J connectivity index is 2.54. The van der Waals surface area contributed by atoms with Gasteiger partial charge in [0.25, 0.3) is 0 Å². The number of likely N-dealkylation sites (N-methyl/N-ethyl adjacent to an activating group) is 1. The molecule has 1 rings (SSSR count). The van der Waals surface area contributed by atoms with Crippen LogP contribution in [0.5, 0.6) is 0 Å². The summed E-state index contributed by atoms with van der Waals surface area (Å²) in [5.74, 6) is 0.0910. The Morgan fingerprint density at radius 1 is 1.32 bits per heavy atom. The summed E-state index contributed by atoms with van der Waals surface area (Å²) in [6.07, 6.45) is 2.11. The Bertz CT molecular complexity index is 365. The third-order valence-electron chi connectivity index (χ3n) is 2.88. The molecule has 0 heterocycles. The fraction of sp³-hybridized carbons (Fsp3) is 0.533.